The Hall–Kier alpha value is -3.78. The zero-order valence-corrected chi connectivity index (χ0v) is 21.0. The maximum absolute atomic E-state index is 13.5. The number of carbonyl (C=O) groups is 3. The van der Waals surface area contributed by atoms with Gasteiger partial charge in [0.05, 0.1) is 28.7 Å². The van der Waals surface area contributed by atoms with Crippen LogP contribution in [0.15, 0.2) is 78.9 Å². The summed E-state index contributed by atoms with van der Waals surface area (Å²) in [5.41, 5.74) is 2.94. The molecule has 0 saturated carbocycles. The number of thioether (sulfide) groups is 1. The van der Waals surface area contributed by atoms with Crippen molar-refractivity contribution >= 4 is 40.2 Å². The molecule has 2 aliphatic rings. The van der Waals surface area contributed by atoms with Crippen LogP contribution in [0.2, 0.25) is 0 Å². The number of para-hydroxylation sites is 2. The molecular formula is C28H27N3O4S. The van der Waals surface area contributed by atoms with Gasteiger partial charge in [0.25, 0.3) is 11.1 Å². The van der Waals surface area contributed by atoms with Gasteiger partial charge >= 0.3 is 0 Å². The molecule has 1 saturated heterocycles. The summed E-state index contributed by atoms with van der Waals surface area (Å²) in [4.78, 5) is 40.7. The number of carbonyl (C=O) groups excluding carboxylic acids is 3. The van der Waals surface area contributed by atoms with E-state index in [0.717, 1.165) is 28.7 Å². The van der Waals surface area contributed by atoms with Crippen LogP contribution < -0.4 is 15.0 Å². The SMILES string of the molecule is CC(C)(COc1ccc(CC2SC(=O)NC2=O)cc1)N1CN(c2ccccc2)c2ccccc2C1=O. The minimum absolute atomic E-state index is 0.0244. The Morgan fingerprint density at radius 3 is 2.33 bits per heavy atom. The first kappa shape index (κ1) is 23.9. The monoisotopic (exact) mass is 501 g/mol. The molecule has 2 aliphatic heterocycles. The Morgan fingerprint density at radius 1 is 0.944 bits per heavy atom. The number of nitrogens with one attached hydrogen (secondary N) is 1. The van der Waals surface area contributed by atoms with Gasteiger partial charge in [-0.3, -0.25) is 19.7 Å². The summed E-state index contributed by atoms with van der Waals surface area (Å²) in [5, 5.41) is 1.62. The third-order valence-electron chi connectivity index (χ3n) is 6.46. The van der Waals surface area contributed by atoms with Crippen LogP contribution in [-0.2, 0) is 11.2 Å². The third-order valence-corrected chi connectivity index (χ3v) is 7.44. The summed E-state index contributed by atoms with van der Waals surface area (Å²) < 4.78 is 6.11. The molecular weight excluding hydrogens is 474 g/mol. The van der Waals surface area contributed by atoms with E-state index in [1.54, 1.807) is 0 Å². The summed E-state index contributed by atoms with van der Waals surface area (Å²) in [5.74, 6) is 0.407. The van der Waals surface area contributed by atoms with E-state index < -0.39 is 10.8 Å². The average Bonchev–Trinajstić information content (AvgIpc) is 3.20. The second-order valence-electron chi connectivity index (χ2n) is 9.49. The molecule has 0 bridgehead atoms. The Morgan fingerprint density at radius 2 is 1.64 bits per heavy atom. The topological polar surface area (TPSA) is 79.0 Å². The number of nitrogens with zero attached hydrogens (tertiary/aromatic N) is 2. The quantitative estimate of drug-likeness (QED) is 0.492. The number of fused-ring (bicyclic) bond motifs is 1. The van der Waals surface area contributed by atoms with Gasteiger partial charge in [-0.05, 0) is 62.2 Å². The summed E-state index contributed by atoms with van der Waals surface area (Å²) in [7, 11) is 0. The van der Waals surface area contributed by atoms with Crippen LogP contribution in [-0.4, -0.2) is 46.0 Å². The van der Waals surface area contributed by atoms with Gasteiger partial charge in [-0.2, -0.15) is 0 Å². The van der Waals surface area contributed by atoms with Crippen LogP contribution in [0.3, 0.4) is 0 Å². The van der Waals surface area contributed by atoms with Crippen molar-refractivity contribution in [2.24, 2.45) is 0 Å². The lowest BCUT2D eigenvalue weighted by atomic mass is 9.99. The minimum atomic E-state index is -0.588. The summed E-state index contributed by atoms with van der Waals surface area (Å²) >= 11 is 1.02. The Kier molecular flexibility index (Phi) is 6.45. The zero-order chi connectivity index (χ0) is 25.3. The summed E-state index contributed by atoms with van der Waals surface area (Å²) in [6, 6.07) is 25.2. The van der Waals surface area contributed by atoms with Crippen molar-refractivity contribution in [3.63, 3.8) is 0 Å². The molecule has 7 nitrogen and oxygen atoms in total. The van der Waals surface area contributed by atoms with E-state index in [9.17, 15) is 14.4 Å². The maximum atomic E-state index is 13.5. The fourth-order valence-electron chi connectivity index (χ4n) is 4.41. The fourth-order valence-corrected chi connectivity index (χ4v) is 5.27. The van der Waals surface area contributed by atoms with Crippen molar-refractivity contribution in [1.29, 1.82) is 0 Å². The number of hydrogen-bond donors (Lipinski definition) is 1. The van der Waals surface area contributed by atoms with Gasteiger partial charge in [-0.15, -0.1) is 0 Å². The smallest absolute Gasteiger partial charge is 0.286 e. The highest BCUT2D eigenvalue weighted by Gasteiger charge is 2.39. The van der Waals surface area contributed by atoms with E-state index in [1.807, 2.05) is 97.6 Å². The number of rotatable bonds is 7. The van der Waals surface area contributed by atoms with Crippen LogP contribution in [0.5, 0.6) is 5.75 Å². The molecule has 184 valence electrons. The Labute approximate surface area is 214 Å². The molecule has 1 atom stereocenters. The molecule has 1 unspecified atom stereocenters. The molecule has 0 radical (unpaired) electrons. The lowest BCUT2D eigenvalue weighted by Gasteiger charge is -2.45. The Bertz CT molecular complexity index is 1290. The average molecular weight is 502 g/mol. The molecule has 5 rings (SSSR count). The molecule has 0 spiro atoms. The van der Waals surface area contributed by atoms with E-state index in [4.69, 9.17) is 4.74 Å². The number of amides is 3. The van der Waals surface area contributed by atoms with Crippen molar-refractivity contribution in [2.45, 2.75) is 31.1 Å². The molecule has 3 amide bonds. The predicted molar refractivity (Wildman–Crippen MR) is 141 cm³/mol. The predicted octanol–water partition coefficient (Wildman–Crippen LogP) is 4.99. The van der Waals surface area contributed by atoms with E-state index >= 15 is 0 Å². The molecule has 8 heteroatoms. The first-order chi connectivity index (χ1) is 17.3. The van der Waals surface area contributed by atoms with Crippen molar-refractivity contribution in [3.8, 4) is 5.75 Å². The highest BCUT2D eigenvalue weighted by Crippen LogP contribution is 2.36. The van der Waals surface area contributed by atoms with E-state index in [1.165, 1.54) is 0 Å². The van der Waals surface area contributed by atoms with Gasteiger partial charge in [0.2, 0.25) is 5.91 Å². The lowest BCUT2D eigenvalue weighted by molar-refractivity contribution is -0.118. The summed E-state index contributed by atoms with van der Waals surface area (Å²) in [6.07, 6.45) is 0.477. The molecule has 2 heterocycles. The molecule has 36 heavy (non-hydrogen) atoms. The number of hydrogen-bond acceptors (Lipinski definition) is 6. The second-order valence-corrected chi connectivity index (χ2v) is 10.7. The lowest BCUT2D eigenvalue weighted by Crippen LogP contribution is -2.57. The third kappa shape index (κ3) is 4.81. The van der Waals surface area contributed by atoms with Crippen LogP contribution >= 0.6 is 11.8 Å². The highest BCUT2D eigenvalue weighted by molar-refractivity contribution is 8.15. The van der Waals surface area contributed by atoms with Crippen LogP contribution in [0.25, 0.3) is 0 Å². The van der Waals surface area contributed by atoms with Crippen LogP contribution in [0.1, 0.15) is 29.8 Å². The van der Waals surface area contributed by atoms with E-state index in [2.05, 4.69) is 10.2 Å². The standard InChI is InChI=1S/C28H27N3O4S/c1-28(2,17-35-21-14-12-19(13-15-21)16-24-25(32)29-27(34)36-24)31-18-30(20-8-4-3-5-9-20)23-11-7-6-10-22(23)26(31)33/h3-15,24H,16-18H2,1-2H3,(H,29,32,34). The number of imide groups is 1. The van der Waals surface area contributed by atoms with Gasteiger partial charge in [0.1, 0.15) is 12.4 Å². The molecule has 1 N–H and O–H groups in total. The van der Waals surface area contributed by atoms with Crippen molar-refractivity contribution < 1.29 is 19.1 Å². The van der Waals surface area contributed by atoms with Gasteiger partial charge in [0.15, 0.2) is 0 Å². The van der Waals surface area contributed by atoms with Gasteiger partial charge in [-0.1, -0.05) is 54.2 Å². The Balaban J connectivity index is 1.29. The number of ether oxygens (including phenoxy) is 1. The van der Waals surface area contributed by atoms with Crippen molar-refractivity contribution in [2.75, 3.05) is 18.2 Å². The zero-order valence-electron chi connectivity index (χ0n) is 20.1. The van der Waals surface area contributed by atoms with Crippen molar-refractivity contribution in [3.05, 3.63) is 90.0 Å². The molecule has 0 aliphatic carbocycles. The minimum Gasteiger partial charge on any atom is -0.491 e. The van der Waals surface area contributed by atoms with Gasteiger partial charge in [-0.25, -0.2) is 0 Å². The second kappa shape index (κ2) is 9.70. The number of anilines is 2. The molecule has 3 aromatic carbocycles. The fraction of sp³-hybridized carbons (Fsp3) is 0.250. The first-order valence-corrected chi connectivity index (χ1v) is 12.7. The van der Waals surface area contributed by atoms with Crippen molar-refractivity contribution in [1.82, 2.24) is 10.2 Å². The molecule has 1 fully saturated rings. The van der Waals surface area contributed by atoms with E-state index in [0.29, 0.717) is 31.0 Å². The van der Waals surface area contributed by atoms with Gasteiger partial charge in [0, 0.05) is 5.69 Å². The van der Waals surface area contributed by atoms with E-state index in [-0.39, 0.29) is 17.1 Å². The maximum Gasteiger partial charge on any atom is 0.286 e. The molecule has 0 aromatic heterocycles. The normalized spacial score (nSPS) is 17.7. The van der Waals surface area contributed by atoms with Crippen LogP contribution in [0.4, 0.5) is 16.2 Å². The largest absolute Gasteiger partial charge is 0.491 e. The van der Waals surface area contributed by atoms with Crippen LogP contribution in [0, 0.1) is 0 Å². The number of benzene rings is 3. The molecule has 3 aromatic rings. The first-order valence-electron chi connectivity index (χ1n) is 11.8. The summed E-state index contributed by atoms with van der Waals surface area (Å²) in [6.45, 7) is 4.72. The van der Waals surface area contributed by atoms with Gasteiger partial charge < -0.3 is 14.5 Å². The highest BCUT2D eigenvalue weighted by atomic mass is 32.2.